The highest BCUT2D eigenvalue weighted by molar-refractivity contribution is 5.99. The van der Waals surface area contributed by atoms with Crippen molar-refractivity contribution >= 4 is 11.4 Å². The van der Waals surface area contributed by atoms with Crippen molar-refractivity contribution in [2.75, 3.05) is 7.05 Å². The number of aliphatic imine (C=N–C) groups is 1. The fraction of sp³-hybridized carbons (Fsp3) is 0.308. The molecule has 0 atom stereocenters. The van der Waals surface area contributed by atoms with Crippen LogP contribution in [-0.4, -0.2) is 12.8 Å². The molecular weight excluding hydrogens is 184 g/mol. The Balaban J connectivity index is 3.22. The average Bonchev–Trinajstić information content (AvgIpc) is 2.17. The van der Waals surface area contributed by atoms with Crippen molar-refractivity contribution in [3.05, 3.63) is 41.0 Å². The average molecular weight is 202 g/mol. The molecule has 1 aromatic carbocycles. The summed E-state index contributed by atoms with van der Waals surface area (Å²) >= 11 is 0. The van der Waals surface area contributed by atoms with Gasteiger partial charge in [0.05, 0.1) is 0 Å². The lowest BCUT2D eigenvalue weighted by atomic mass is 9.99. The van der Waals surface area contributed by atoms with Crippen LogP contribution in [0, 0.1) is 13.8 Å². The van der Waals surface area contributed by atoms with E-state index >= 15 is 0 Å². The third-order valence-corrected chi connectivity index (χ3v) is 2.49. The van der Waals surface area contributed by atoms with E-state index in [-0.39, 0.29) is 0 Å². The predicted octanol–water partition coefficient (Wildman–Crippen LogP) is 2.69. The van der Waals surface area contributed by atoms with Gasteiger partial charge in [0.15, 0.2) is 0 Å². The molecule has 0 radical (unpaired) electrons. The van der Waals surface area contributed by atoms with E-state index < -0.39 is 0 Å². The third-order valence-electron chi connectivity index (χ3n) is 2.49. The number of allylic oxidation sites excluding steroid dienone is 1. The SMILES string of the molecule is CN=C(C)/C=C(\N)c1c(C)cccc1C. The monoisotopic (exact) mass is 202 g/mol. The first-order chi connectivity index (χ1) is 7.06. The van der Waals surface area contributed by atoms with E-state index in [4.69, 9.17) is 5.73 Å². The number of benzene rings is 1. The van der Waals surface area contributed by atoms with Crippen LogP contribution < -0.4 is 5.73 Å². The van der Waals surface area contributed by atoms with Gasteiger partial charge in [-0.25, -0.2) is 0 Å². The Morgan fingerprint density at radius 1 is 1.27 bits per heavy atom. The summed E-state index contributed by atoms with van der Waals surface area (Å²) in [7, 11) is 1.77. The van der Waals surface area contributed by atoms with Gasteiger partial charge in [-0.15, -0.1) is 0 Å². The molecule has 2 nitrogen and oxygen atoms in total. The molecule has 0 bridgehead atoms. The van der Waals surface area contributed by atoms with E-state index in [2.05, 4.69) is 31.0 Å². The number of nitrogens with two attached hydrogens (primary N) is 1. The maximum atomic E-state index is 6.05. The summed E-state index contributed by atoms with van der Waals surface area (Å²) in [6.07, 6.45) is 1.91. The number of hydrogen-bond acceptors (Lipinski definition) is 2. The zero-order valence-electron chi connectivity index (χ0n) is 9.83. The predicted molar refractivity (Wildman–Crippen MR) is 67.1 cm³/mol. The number of rotatable bonds is 2. The fourth-order valence-corrected chi connectivity index (χ4v) is 1.63. The third kappa shape index (κ3) is 2.69. The summed E-state index contributed by atoms with van der Waals surface area (Å²) in [5, 5.41) is 0. The van der Waals surface area contributed by atoms with Crippen LogP contribution in [0.1, 0.15) is 23.6 Å². The van der Waals surface area contributed by atoms with Crippen molar-refractivity contribution in [2.45, 2.75) is 20.8 Å². The van der Waals surface area contributed by atoms with Gasteiger partial charge in [-0.1, -0.05) is 18.2 Å². The lowest BCUT2D eigenvalue weighted by Gasteiger charge is -2.09. The zero-order chi connectivity index (χ0) is 11.4. The van der Waals surface area contributed by atoms with E-state index in [1.54, 1.807) is 7.05 Å². The molecule has 0 fully saturated rings. The first-order valence-corrected chi connectivity index (χ1v) is 5.03. The van der Waals surface area contributed by atoms with Crippen molar-refractivity contribution in [1.82, 2.24) is 0 Å². The van der Waals surface area contributed by atoms with Crippen LogP contribution in [0.2, 0.25) is 0 Å². The molecule has 0 amide bonds. The largest absolute Gasteiger partial charge is 0.398 e. The summed E-state index contributed by atoms with van der Waals surface area (Å²) in [4.78, 5) is 4.07. The maximum absolute atomic E-state index is 6.05. The molecule has 0 aliphatic carbocycles. The summed E-state index contributed by atoms with van der Waals surface area (Å²) in [5.41, 5.74) is 11.3. The topological polar surface area (TPSA) is 38.4 Å². The van der Waals surface area contributed by atoms with Gasteiger partial charge in [0, 0.05) is 24.0 Å². The highest BCUT2D eigenvalue weighted by Gasteiger charge is 2.04. The van der Waals surface area contributed by atoms with E-state index in [0.717, 1.165) is 17.0 Å². The second-order valence-electron chi connectivity index (χ2n) is 3.73. The molecule has 1 aromatic rings. The van der Waals surface area contributed by atoms with Crippen molar-refractivity contribution in [3.63, 3.8) is 0 Å². The van der Waals surface area contributed by atoms with Crippen LogP contribution in [0.4, 0.5) is 0 Å². The maximum Gasteiger partial charge on any atom is 0.0411 e. The van der Waals surface area contributed by atoms with E-state index in [0.29, 0.717) is 0 Å². The summed E-state index contributed by atoms with van der Waals surface area (Å²) < 4.78 is 0. The second-order valence-corrected chi connectivity index (χ2v) is 3.73. The van der Waals surface area contributed by atoms with Crippen molar-refractivity contribution < 1.29 is 0 Å². The molecule has 0 heterocycles. The molecule has 0 aliphatic rings. The van der Waals surface area contributed by atoms with Crippen LogP contribution in [0.5, 0.6) is 0 Å². The van der Waals surface area contributed by atoms with Crippen LogP contribution in [0.3, 0.4) is 0 Å². The van der Waals surface area contributed by atoms with Crippen LogP contribution in [0.15, 0.2) is 29.3 Å². The molecule has 2 N–H and O–H groups in total. The molecule has 2 heteroatoms. The summed E-state index contributed by atoms with van der Waals surface area (Å²) in [5.74, 6) is 0. The van der Waals surface area contributed by atoms with Gasteiger partial charge >= 0.3 is 0 Å². The Morgan fingerprint density at radius 2 is 1.80 bits per heavy atom. The minimum absolute atomic E-state index is 0.786. The van der Waals surface area contributed by atoms with Crippen molar-refractivity contribution in [2.24, 2.45) is 10.7 Å². The Labute approximate surface area is 91.5 Å². The zero-order valence-corrected chi connectivity index (χ0v) is 9.83. The Bertz CT molecular complexity index is 394. The van der Waals surface area contributed by atoms with E-state index in [9.17, 15) is 0 Å². The van der Waals surface area contributed by atoms with Gasteiger partial charge in [0.2, 0.25) is 0 Å². The van der Waals surface area contributed by atoms with Gasteiger partial charge in [-0.05, 0) is 38.0 Å². The normalized spacial score (nSPS) is 13.1. The fourth-order valence-electron chi connectivity index (χ4n) is 1.63. The lowest BCUT2D eigenvalue weighted by Crippen LogP contribution is -2.03. The quantitative estimate of drug-likeness (QED) is 0.736. The molecule has 0 aliphatic heterocycles. The van der Waals surface area contributed by atoms with Crippen LogP contribution in [-0.2, 0) is 0 Å². The van der Waals surface area contributed by atoms with Crippen molar-refractivity contribution in [1.29, 1.82) is 0 Å². The van der Waals surface area contributed by atoms with Gasteiger partial charge in [-0.2, -0.15) is 0 Å². The molecule has 0 saturated carbocycles. The molecule has 15 heavy (non-hydrogen) atoms. The standard InChI is InChI=1S/C13H18N2/c1-9-6-5-7-10(2)13(9)12(14)8-11(3)15-4/h5-8H,14H2,1-4H3/b12-8-,15-11?. The van der Waals surface area contributed by atoms with E-state index in [1.165, 1.54) is 11.1 Å². The minimum Gasteiger partial charge on any atom is -0.398 e. The number of nitrogens with zero attached hydrogens (tertiary/aromatic N) is 1. The minimum atomic E-state index is 0.786. The first-order valence-electron chi connectivity index (χ1n) is 5.03. The molecule has 1 rings (SSSR count). The van der Waals surface area contributed by atoms with Crippen LogP contribution >= 0.6 is 0 Å². The van der Waals surface area contributed by atoms with Crippen molar-refractivity contribution in [3.8, 4) is 0 Å². The molecule has 0 spiro atoms. The van der Waals surface area contributed by atoms with Gasteiger partial charge in [0.25, 0.3) is 0 Å². The molecule has 80 valence electrons. The highest BCUT2D eigenvalue weighted by Crippen LogP contribution is 2.19. The summed E-state index contributed by atoms with van der Waals surface area (Å²) in [6, 6.07) is 6.19. The number of aryl methyl sites for hydroxylation is 2. The Hall–Kier alpha value is -1.57. The number of hydrogen-bond donors (Lipinski definition) is 1. The van der Waals surface area contributed by atoms with Gasteiger partial charge in [-0.3, -0.25) is 4.99 Å². The molecule has 0 aromatic heterocycles. The Morgan fingerprint density at radius 3 is 2.27 bits per heavy atom. The highest BCUT2D eigenvalue weighted by atomic mass is 14.7. The van der Waals surface area contributed by atoms with E-state index in [1.807, 2.05) is 19.1 Å². The first kappa shape index (κ1) is 11.5. The lowest BCUT2D eigenvalue weighted by molar-refractivity contribution is 1.32. The summed E-state index contributed by atoms with van der Waals surface area (Å²) in [6.45, 7) is 6.09. The smallest absolute Gasteiger partial charge is 0.0411 e. The van der Waals surface area contributed by atoms with Gasteiger partial charge < -0.3 is 5.73 Å². The second kappa shape index (κ2) is 4.78. The molecule has 0 saturated heterocycles. The molecular formula is C13H18N2. The van der Waals surface area contributed by atoms with Gasteiger partial charge in [0.1, 0.15) is 0 Å². The molecule has 0 unspecified atom stereocenters. The Kier molecular flexibility index (Phi) is 3.67. The van der Waals surface area contributed by atoms with Crippen LogP contribution in [0.25, 0.3) is 5.70 Å².